The summed E-state index contributed by atoms with van der Waals surface area (Å²) in [6, 6.07) is 0.155. The highest BCUT2D eigenvalue weighted by Gasteiger charge is 2.21. The zero-order valence-corrected chi connectivity index (χ0v) is 6.50. The highest BCUT2D eigenvalue weighted by Crippen LogP contribution is 2.08. The molecule has 0 aromatic rings. The first-order valence-electron chi connectivity index (χ1n) is 3.62. The van der Waals surface area contributed by atoms with Gasteiger partial charge < -0.3 is 10.2 Å². The number of rotatable bonds is 1. The smallest absolute Gasteiger partial charge is 0.222 e. The lowest BCUT2D eigenvalue weighted by Gasteiger charge is -2.28. The molecule has 1 rings (SSSR count). The van der Waals surface area contributed by atoms with Crippen molar-refractivity contribution < 1.29 is 4.79 Å². The fourth-order valence-electron chi connectivity index (χ4n) is 1.22. The normalized spacial score (nSPS) is 24.5. The van der Waals surface area contributed by atoms with Crippen molar-refractivity contribution in [1.82, 2.24) is 10.2 Å². The van der Waals surface area contributed by atoms with E-state index in [1.165, 1.54) is 0 Å². The minimum absolute atomic E-state index is 0.155. The third-order valence-corrected chi connectivity index (χ3v) is 1.90. The number of nitrogens with zero attached hydrogens (tertiary/aromatic N) is 2. The molecule has 0 spiro atoms. The van der Waals surface area contributed by atoms with Gasteiger partial charge in [-0.1, -0.05) is 0 Å². The van der Waals surface area contributed by atoms with Gasteiger partial charge in [0.1, 0.15) is 0 Å². The van der Waals surface area contributed by atoms with Gasteiger partial charge in [0.05, 0.1) is 6.04 Å². The summed E-state index contributed by atoms with van der Waals surface area (Å²) in [5, 5.41) is 11.0. The van der Waals surface area contributed by atoms with Gasteiger partial charge in [0, 0.05) is 20.0 Å². The maximum Gasteiger partial charge on any atom is 0.222 e. The van der Waals surface area contributed by atoms with Crippen LogP contribution in [0.3, 0.4) is 0 Å². The van der Waals surface area contributed by atoms with Crippen LogP contribution < -0.4 is 5.32 Å². The van der Waals surface area contributed by atoms with Crippen molar-refractivity contribution >= 4 is 5.91 Å². The van der Waals surface area contributed by atoms with Crippen molar-refractivity contribution in [1.29, 1.82) is 5.26 Å². The van der Waals surface area contributed by atoms with Crippen molar-refractivity contribution in [3.8, 4) is 6.19 Å². The predicted molar refractivity (Wildman–Crippen MR) is 39.4 cm³/mol. The Morgan fingerprint density at radius 2 is 2.55 bits per heavy atom. The van der Waals surface area contributed by atoms with E-state index in [1.54, 1.807) is 11.9 Å². The highest BCUT2D eigenvalue weighted by atomic mass is 16.2. The Hall–Kier alpha value is -1.24. The fourth-order valence-corrected chi connectivity index (χ4v) is 1.22. The second-order valence-electron chi connectivity index (χ2n) is 2.77. The van der Waals surface area contributed by atoms with Crippen LogP contribution in [0.1, 0.15) is 12.8 Å². The van der Waals surface area contributed by atoms with Crippen LogP contribution in [0.4, 0.5) is 0 Å². The Kier molecular flexibility index (Phi) is 2.32. The molecule has 60 valence electrons. The second kappa shape index (κ2) is 3.24. The average Bonchev–Trinajstić information content (AvgIpc) is 1.98. The molecule has 0 aromatic carbocycles. The molecule has 1 heterocycles. The standard InChI is InChI=1S/C7H11N3O/c1-10-4-6(9-5-8)2-3-7(10)11/h6,9H,2-4H2,1H3. The van der Waals surface area contributed by atoms with Crippen LogP contribution in [0.25, 0.3) is 0 Å². The fraction of sp³-hybridized carbons (Fsp3) is 0.714. The maximum atomic E-state index is 11.0. The number of likely N-dealkylation sites (N-methyl/N-ethyl adjacent to an activating group) is 1. The lowest BCUT2D eigenvalue weighted by atomic mass is 10.1. The minimum atomic E-state index is 0.155. The number of carbonyl (C=O) groups excluding carboxylic acids is 1. The van der Waals surface area contributed by atoms with E-state index in [-0.39, 0.29) is 11.9 Å². The van der Waals surface area contributed by atoms with Crippen molar-refractivity contribution in [2.45, 2.75) is 18.9 Å². The molecule has 1 aliphatic rings. The first kappa shape index (κ1) is 7.86. The molecule has 0 aliphatic carbocycles. The SMILES string of the molecule is CN1CC(NC#N)CCC1=O. The van der Waals surface area contributed by atoms with E-state index in [9.17, 15) is 4.79 Å². The molecule has 1 atom stereocenters. The van der Waals surface area contributed by atoms with Crippen molar-refractivity contribution in [2.75, 3.05) is 13.6 Å². The Balaban J connectivity index is 2.41. The summed E-state index contributed by atoms with van der Waals surface area (Å²) < 4.78 is 0. The van der Waals surface area contributed by atoms with Gasteiger partial charge in [0.25, 0.3) is 0 Å². The van der Waals surface area contributed by atoms with Gasteiger partial charge in [-0.3, -0.25) is 4.79 Å². The van der Waals surface area contributed by atoms with Crippen molar-refractivity contribution in [3.63, 3.8) is 0 Å². The topological polar surface area (TPSA) is 56.1 Å². The molecule has 0 radical (unpaired) electrons. The van der Waals surface area contributed by atoms with E-state index in [0.717, 1.165) is 6.42 Å². The van der Waals surface area contributed by atoms with Gasteiger partial charge in [-0.15, -0.1) is 0 Å². The minimum Gasteiger partial charge on any atom is -0.344 e. The largest absolute Gasteiger partial charge is 0.344 e. The van der Waals surface area contributed by atoms with Crippen molar-refractivity contribution in [3.05, 3.63) is 0 Å². The van der Waals surface area contributed by atoms with Crippen molar-refractivity contribution in [2.24, 2.45) is 0 Å². The first-order valence-corrected chi connectivity index (χ1v) is 3.62. The van der Waals surface area contributed by atoms with Gasteiger partial charge >= 0.3 is 0 Å². The average molecular weight is 153 g/mol. The summed E-state index contributed by atoms with van der Waals surface area (Å²) in [5.74, 6) is 0.168. The molecular weight excluding hydrogens is 142 g/mol. The summed E-state index contributed by atoms with van der Waals surface area (Å²) in [6.45, 7) is 0.645. The van der Waals surface area contributed by atoms with Gasteiger partial charge in [0.2, 0.25) is 5.91 Å². The first-order chi connectivity index (χ1) is 5.24. The maximum absolute atomic E-state index is 11.0. The van der Waals surface area contributed by atoms with E-state index in [2.05, 4.69) is 5.32 Å². The highest BCUT2D eigenvalue weighted by molar-refractivity contribution is 5.76. The number of carbonyl (C=O) groups is 1. The van der Waals surface area contributed by atoms with E-state index in [0.29, 0.717) is 13.0 Å². The summed E-state index contributed by atoms with van der Waals surface area (Å²) in [7, 11) is 1.76. The summed E-state index contributed by atoms with van der Waals surface area (Å²) >= 11 is 0. The molecule has 1 unspecified atom stereocenters. The van der Waals surface area contributed by atoms with Crippen LogP contribution in [0.5, 0.6) is 0 Å². The molecule has 0 saturated carbocycles. The van der Waals surface area contributed by atoms with Gasteiger partial charge in [-0.25, -0.2) is 0 Å². The van der Waals surface area contributed by atoms with Crippen LogP contribution >= 0.6 is 0 Å². The zero-order valence-electron chi connectivity index (χ0n) is 6.50. The Labute approximate surface area is 65.8 Å². The predicted octanol–water partition coefficient (Wildman–Crippen LogP) is -0.322. The number of nitrogens with one attached hydrogen (secondary N) is 1. The van der Waals surface area contributed by atoms with E-state index in [1.807, 2.05) is 6.19 Å². The van der Waals surface area contributed by atoms with E-state index < -0.39 is 0 Å². The third-order valence-electron chi connectivity index (χ3n) is 1.90. The lowest BCUT2D eigenvalue weighted by molar-refractivity contribution is -0.132. The molecule has 4 nitrogen and oxygen atoms in total. The lowest BCUT2D eigenvalue weighted by Crippen LogP contribution is -2.45. The number of piperidine rings is 1. The number of hydrogen-bond acceptors (Lipinski definition) is 3. The number of likely N-dealkylation sites (tertiary alicyclic amines) is 1. The molecule has 11 heavy (non-hydrogen) atoms. The molecule has 1 N–H and O–H groups in total. The Bertz CT molecular complexity index is 196. The summed E-state index contributed by atoms with van der Waals surface area (Å²) in [6.07, 6.45) is 3.21. The summed E-state index contributed by atoms with van der Waals surface area (Å²) in [5.41, 5.74) is 0. The number of hydrogen-bond donors (Lipinski definition) is 1. The molecule has 1 amide bonds. The van der Waals surface area contributed by atoms with Crippen LogP contribution in [0.15, 0.2) is 0 Å². The number of amides is 1. The summed E-state index contributed by atoms with van der Waals surface area (Å²) in [4.78, 5) is 12.6. The van der Waals surface area contributed by atoms with Crippen LogP contribution in [-0.4, -0.2) is 30.4 Å². The zero-order chi connectivity index (χ0) is 8.27. The van der Waals surface area contributed by atoms with E-state index >= 15 is 0 Å². The molecule has 4 heteroatoms. The molecule has 0 bridgehead atoms. The van der Waals surface area contributed by atoms with Crippen LogP contribution in [-0.2, 0) is 4.79 Å². The monoisotopic (exact) mass is 153 g/mol. The third kappa shape index (κ3) is 1.84. The molecular formula is C7H11N3O. The Morgan fingerprint density at radius 3 is 3.09 bits per heavy atom. The second-order valence-corrected chi connectivity index (χ2v) is 2.77. The number of nitriles is 1. The van der Waals surface area contributed by atoms with Crippen LogP contribution in [0.2, 0.25) is 0 Å². The van der Waals surface area contributed by atoms with Gasteiger partial charge in [0.15, 0.2) is 6.19 Å². The quantitative estimate of drug-likeness (QED) is 0.415. The van der Waals surface area contributed by atoms with E-state index in [4.69, 9.17) is 5.26 Å². The van der Waals surface area contributed by atoms with Gasteiger partial charge in [-0.05, 0) is 6.42 Å². The van der Waals surface area contributed by atoms with Crippen LogP contribution in [0, 0.1) is 11.5 Å². The van der Waals surface area contributed by atoms with Gasteiger partial charge in [-0.2, -0.15) is 5.26 Å². The molecule has 1 saturated heterocycles. The molecule has 1 fully saturated rings. The molecule has 0 aromatic heterocycles. The Morgan fingerprint density at radius 1 is 1.82 bits per heavy atom. The molecule has 1 aliphatic heterocycles.